The van der Waals surface area contributed by atoms with Crippen LogP contribution >= 0.6 is 0 Å². The summed E-state index contributed by atoms with van der Waals surface area (Å²) < 4.78 is 9.76. The fraction of sp³-hybridized carbons (Fsp3) is 0.438. The highest BCUT2D eigenvalue weighted by atomic mass is 16.6. The zero-order chi connectivity index (χ0) is 16.6. The van der Waals surface area contributed by atoms with E-state index in [1.54, 1.807) is 12.3 Å². The fourth-order valence-electron chi connectivity index (χ4n) is 1.57. The number of methoxy groups -OCH3 is 1. The van der Waals surface area contributed by atoms with Crippen LogP contribution in [0.3, 0.4) is 0 Å². The second-order valence-corrected chi connectivity index (χ2v) is 5.62. The largest absolute Gasteiger partial charge is 0.465 e. The highest BCUT2D eigenvalue weighted by molar-refractivity contribution is 5.89. The Kier molecular flexibility index (Phi) is 6.56. The van der Waals surface area contributed by atoms with Crippen LogP contribution in [0.25, 0.3) is 6.08 Å². The molecule has 0 bridgehead atoms. The molecule has 0 saturated carbocycles. The second-order valence-electron chi connectivity index (χ2n) is 5.62. The third-order valence-corrected chi connectivity index (χ3v) is 2.47. The van der Waals surface area contributed by atoms with Gasteiger partial charge in [-0.25, -0.2) is 9.59 Å². The Bertz CT molecular complexity index is 547. The molecule has 22 heavy (non-hydrogen) atoms. The van der Waals surface area contributed by atoms with Crippen molar-refractivity contribution in [3.63, 3.8) is 0 Å². The van der Waals surface area contributed by atoms with E-state index < -0.39 is 17.7 Å². The van der Waals surface area contributed by atoms with Gasteiger partial charge in [-0.1, -0.05) is 12.2 Å². The van der Waals surface area contributed by atoms with Crippen molar-refractivity contribution >= 4 is 18.1 Å². The molecule has 6 heteroatoms. The number of nitrogens with zero attached hydrogens (tertiary/aromatic N) is 1. The maximum absolute atomic E-state index is 11.4. The Hall–Kier alpha value is -2.37. The van der Waals surface area contributed by atoms with Crippen LogP contribution in [0, 0.1) is 0 Å². The third kappa shape index (κ3) is 6.88. The van der Waals surface area contributed by atoms with E-state index in [9.17, 15) is 9.59 Å². The number of amides is 1. The predicted molar refractivity (Wildman–Crippen MR) is 83.5 cm³/mol. The van der Waals surface area contributed by atoms with Crippen molar-refractivity contribution in [1.29, 1.82) is 0 Å². The first-order valence-electron chi connectivity index (χ1n) is 6.98. The van der Waals surface area contributed by atoms with Crippen LogP contribution in [0.2, 0.25) is 0 Å². The number of pyridine rings is 1. The number of rotatable bonds is 5. The van der Waals surface area contributed by atoms with E-state index in [4.69, 9.17) is 4.74 Å². The van der Waals surface area contributed by atoms with Crippen molar-refractivity contribution in [1.82, 2.24) is 10.3 Å². The van der Waals surface area contributed by atoms with Gasteiger partial charge in [0.05, 0.1) is 12.7 Å². The van der Waals surface area contributed by atoms with Gasteiger partial charge in [-0.3, -0.25) is 4.98 Å². The van der Waals surface area contributed by atoms with Crippen molar-refractivity contribution in [3.8, 4) is 0 Å². The summed E-state index contributed by atoms with van der Waals surface area (Å²) in [4.78, 5) is 26.8. The number of esters is 1. The minimum Gasteiger partial charge on any atom is -0.465 e. The van der Waals surface area contributed by atoms with Gasteiger partial charge < -0.3 is 14.8 Å². The molecule has 0 aliphatic rings. The van der Waals surface area contributed by atoms with Crippen molar-refractivity contribution in [2.75, 3.05) is 13.7 Å². The Morgan fingerprint density at radius 1 is 1.32 bits per heavy atom. The molecule has 0 aromatic carbocycles. The van der Waals surface area contributed by atoms with Crippen LogP contribution in [-0.4, -0.2) is 36.3 Å². The van der Waals surface area contributed by atoms with Crippen molar-refractivity contribution in [2.45, 2.75) is 32.8 Å². The van der Waals surface area contributed by atoms with Gasteiger partial charge in [0.15, 0.2) is 0 Å². The van der Waals surface area contributed by atoms with Crippen molar-refractivity contribution in [3.05, 3.63) is 35.7 Å². The van der Waals surface area contributed by atoms with Crippen LogP contribution < -0.4 is 5.32 Å². The Labute approximate surface area is 130 Å². The lowest BCUT2D eigenvalue weighted by Gasteiger charge is -2.19. The van der Waals surface area contributed by atoms with Gasteiger partial charge in [0.1, 0.15) is 5.60 Å². The topological polar surface area (TPSA) is 77.5 Å². The van der Waals surface area contributed by atoms with Crippen LogP contribution in [0.15, 0.2) is 24.5 Å². The summed E-state index contributed by atoms with van der Waals surface area (Å²) in [6.45, 7) is 5.91. The van der Waals surface area contributed by atoms with Crippen LogP contribution in [0.4, 0.5) is 4.79 Å². The quantitative estimate of drug-likeness (QED) is 0.668. The predicted octanol–water partition coefficient (Wildman–Crippen LogP) is 2.80. The molecule has 0 saturated heterocycles. The number of hydrogen-bond acceptors (Lipinski definition) is 5. The number of carbonyl (C=O) groups excluding carboxylic acids is 2. The average molecular weight is 306 g/mol. The number of carbonyl (C=O) groups is 2. The summed E-state index contributed by atoms with van der Waals surface area (Å²) in [5, 5.41) is 2.66. The Morgan fingerprint density at radius 2 is 2.05 bits per heavy atom. The number of nitrogens with one attached hydrogen (secondary N) is 1. The lowest BCUT2D eigenvalue weighted by molar-refractivity contribution is 0.0527. The van der Waals surface area contributed by atoms with Gasteiger partial charge in [0.25, 0.3) is 0 Å². The molecular weight excluding hydrogens is 284 g/mol. The van der Waals surface area contributed by atoms with Crippen molar-refractivity contribution < 1.29 is 19.1 Å². The molecule has 1 aromatic rings. The number of ether oxygens (including phenoxy) is 2. The van der Waals surface area contributed by atoms with Crippen LogP contribution in [-0.2, 0) is 9.47 Å². The van der Waals surface area contributed by atoms with E-state index in [1.165, 1.54) is 13.3 Å². The highest BCUT2D eigenvalue weighted by Gasteiger charge is 2.15. The standard InChI is InChI=1S/C16H22N2O4/c1-16(2,3)22-15(20)18-8-6-5-7-12-9-13(11-17-10-12)14(19)21-4/h5,7,9-11H,6,8H2,1-4H3,(H,18,20). The molecule has 1 N–H and O–H groups in total. The molecule has 0 atom stereocenters. The zero-order valence-electron chi connectivity index (χ0n) is 13.4. The molecule has 6 nitrogen and oxygen atoms in total. The molecule has 0 radical (unpaired) electrons. The lowest BCUT2D eigenvalue weighted by atomic mass is 10.2. The summed E-state index contributed by atoms with van der Waals surface area (Å²) in [5.74, 6) is -0.422. The maximum atomic E-state index is 11.4. The summed E-state index contributed by atoms with van der Waals surface area (Å²) in [7, 11) is 1.33. The van der Waals surface area contributed by atoms with Gasteiger partial charge in [-0.15, -0.1) is 0 Å². The van der Waals surface area contributed by atoms with E-state index in [1.807, 2.05) is 32.9 Å². The first kappa shape index (κ1) is 17.7. The third-order valence-electron chi connectivity index (χ3n) is 2.47. The smallest absolute Gasteiger partial charge is 0.407 e. The zero-order valence-corrected chi connectivity index (χ0v) is 13.4. The number of hydrogen-bond donors (Lipinski definition) is 1. The molecule has 0 fully saturated rings. The maximum Gasteiger partial charge on any atom is 0.407 e. The Morgan fingerprint density at radius 3 is 2.68 bits per heavy atom. The average Bonchev–Trinajstić information content (AvgIpc) is 2.44. The second kappa shape index (κ2) is 8.17. The van der Waals surface area contributed by atoms with Gasteiger partial charge >= 0.3 is 12.1 Å². The van der Waals surface area contributed by atoms with E-state index in [-0.39, 0.29) is 0 Å². The van der Waals surface area contributed by atoms with E-state index >= 15 is 0 Å². The molecule has 120 valence electrons. The molecule has 1 heterocycles. The van der Waals surface area contributed by atoms with Crippen LogP contribution in [0.1, 0.15) is 43.1 Å². The molecule has 1 amide bonds. The van der Waals surface area contributed by atoms with E-state index in [0.29, 0.717) is 18.5 Å². The number of alkyl carbamates (subject to hydrolysis) is 1. The van der Waals surface area contributed by atoms with Gasteiger partial charge in [-0.05, 0) is 38.8 Å². The molecular formula is C16H22N2O4. The summed E-state index contributed by atoms with van der Waals surface area (Å²) in [6.07, 6.45) is 7.01. The number of aromatic nitrogens is 1. The summed E-state index contributed by atoms with van der Waals surface area (Å²) in [6, 6.07) is 1.69. The normalized spacial score (nSPS) is 11.3. The molecule has 0 aliphatic heterocycles. The van der Waals surface area contributed by atoms with E-state index in [2.05, 4.69) is 15.0 Å². The van der Waals surface area contributed by atoms with E-state index in [0.717, 1.165) is 5.56 Å². The summed E-state index contributed by atoms with van der Waals surface area (Å²) >= 11 is 0. The molecule has 0 unspecified atom stereocenters. The molecule has 1 aromatic heterocycles. The van der Waals surface area contributed by atoms with Crippen molar-refractivity contribution in [2.24, 2.45) is 0 Å². The molecule has 0 aliphatic carbocycles. The first-order valence-corrected chi connectivity index (χ1v) is 6.98. The van der Waals surface area contributed by atoms with Gasteiger partial charge in [0, 0.05) is 18.9 Å². The fourth-order valence-corrected chi connectivity index (χ4v) is 1.57. The highest BCUT2D eigenvalue weighted by Crippen LogP contribution is 2.07. The monoisotopic (exact) mass is 306 g/mol. The SMILES string of the molecule is COC(=O)c1cncc(C=CCCNC(=O)OC(C)(C)C)c1. The molecule has 1 rings (SSSR count). The minimum absolute atomic E-state index is 0.400. The minimum atomic E-state index is -0.500. The molecule has 0 spiro atoms. The van der Waals surface area contributed by atoms with Crippen LogP contribution in [0.5, 0.6) is 0 Å². The lowest BCUT2D eigenvalue weighted by Crippen LogP contribution is -2.32. The first-order chi connectivity index (χ1) is 10.3. The Balaban J connectivity index is 2.40. The van der Waals surface area contributed by atoms with Gasteiger partial charge in [-0.2, -0.15) is 0 Å². The summed E-state index contributed by atoms with van der Waals surface area (Å²) in [5.41, 5.74) is 0.691. The van der Waals surface area contributed by atoms with Gasteiger partial charge in [0.2, 0.25) is 0 Å².